The molecule has 1 N–H and O–H groups in total. The van der Waals surface area contributed by atoms with Crippen molar-refractivity contribution in [2.75, 3.05) is 6.61 Å². The molecule has 10 heavy (non-hydrogen) atoms. The van der Waals surface area contributed by atoms with Gasteiger partial charge in [-0.05, 0) is 23.7 Å². The lowest BCUT2D eigenvalue weighted by molar-refractivity contribution is 0.0497. The number of rotatable bonds is 1. The normalized spacial score (nSPS) is 38.4. The van der Waals surface area contributed by atoms with Gasteiger partial charge in [0.15, 0.2) is 0 Å². The SMILES string of the molecule is CC1(C)CCC[C@@]1(C)CO. The molecule has 0 aliphatic heterocycles. The summed E-state index contributed by atoms with van der Waals surface area (Å²) in [5.74, 6) is 0. The van der Waals surface area contributed by atoms with Crippen molar-refractivity contribution in [2.24, 2.45) is 10.8 Å². The van der Waals surface area contributed by atoms with E-state index >= 15 is 0 Å². The molecule has 0 aromatic rings. The van der Waals surface area contributed by atoms with Crippen molar-refractivity contribution in [1.82, 2.24) is 0 Å². The highest BCUT2D eigenvalue weighted by Gasteiger charge is 2.44. The first-order valence-electron chi connectivity index (χ1n) is 4.13. The third kappa shape index (κ3) is 0.968. The van der Waals surface area contributed by atoms with Gasteiger partial charge in [-0.3, -0.25) is 0 Å². The summed E-state index contributed by atoms with van der Waals surface area (Å²) in [6, 6.07) is 0. The summed E-state index contributed by atoms with van der Waals surface area (Å²) >= 11 is 0. The predicted octanol–water partition coefficient (Wildman–Crippen LogP) is 2.20. The second-order valence-electron chi connectivity index (χ2n) is 4.46. The van der Waals surface area contributed by atoms with Crippen LogP contribution < -0.4 is 0 Å². The van der Waals surface area contributed by atoms with E-state index in [0.717, 1.165) is 0 Å². The Balaban J connectivity index is 2.76. The van der Waals surface area contributed by atoms with E-state index in [2.05, 4.69) is 20.8 Å². The second-order valence-corrected chi connectivity index (χ2v) is 4.46. The highest BCUT2D eigenvalue weighted by molar-refractivity contribution is 4.94. The minimum atomic E-state index is 0.188. The maximum atomic E-state index is 9.16. The fourth-order valence-corrected chi connectivity index (χ4v) is 1.85. The number of hydrogen-bond donors (Lipinski definition) is 1. The topological polar surface area (TPSA) is 20.2 Å². The molecule has 1 aliphatic carbocycles. The molecule has 1 aliphatic rings. The first-order chi connectivity index (χ1) is 4.52. The number of hydrogen-bond acceptors (Lipinski definition) is 1. The van der Waals surface area contributed by atoms with Crippen LogP contribution >= 0.6 is 0 Å². The highest BCUT2D eigenvalue weighted by atomic mass is 16.3. The van der Waals surface area contributed by atoms with E-state index in [-0.39, 0.29) is 5.41 Å². The van der Waals surface area contributed by atoms with Crippen molar-refractivity contribution < 1.29 is 5.11 Å². The molecule has 0 heterocycles. The molecule has 1 fully saturated rings. The third-order valence-electron chi connectivity index (χ3n) is 3.51. The van der Waals surface area contributed by atoms with Gasteiger partial charge in [-0.2, -0.15) is 0 Å². The fraction of sp³-hybridized carbons (Fsp3) is 1.00. The Hall–Kier alpha value is -0.0400. The average Bonchev–Trinajstić information content (AvgIpc) is 2.10. The zero-order chi connectivity index (χ0) is 7.83. The van der Waals surface area contributed by atoms with Crippen LogP contribution in [0.1, 0.15) is 40.0 Å². The zero-order valence-corrected chi connectivity index (χ0v) is 7.28. The summed E-state index contributed by atoms with van der Waals surface area (Å²) in [5.41, 5.74) is 0.536. The Morgan fingerprint density at radius 2 is 1.80 bits per heavy atom. The molecule has 1 rings (SSSR count). The molecule has 0 amide bonds. The van der Waals surface area contributed by atoms with E-state index in [1.54, 1.807) is 0 Å². The van der Waals surface area contributed by atoms with Gasteiger partial charge >= 0.3 is 0 Å². The number of aliphatic hydroxyl groups is 1. The molecule has 0 saturated heterocycles. The van der Waals surface area contributed by atoms with Crippen LogP contribution in [0.3, 0.4) is 0 Å². The Morgan fingerprint density at radius 1 is 1.20 bits per heavy atom. The van der Waals surface area contributed by atoms with Crippen molar-refractivity contribution in [1.29, 1.82) is 0 Å². The molecular weight excluding hydrogens is 124 g/mol. The van der Waals surface area contributed by atoms with E-state index in [0.29, 0.717) is 12.0 Å². The van der Waals surface area contributed by atoms with Crippen LogP contribution in [0.15, 0.2) is 0 Å². The largest absolute Gasteiger partial charge is 0.396 e. The van der Waals surface area contributed by atoms with E-state index in [1.807, 2.05) is 0 Å². The lowest BCUT2D eigenvalue weighted by Gasteiger charge is -2.36. The molecule has 60 valence electrons. The molecule has 0 radical (unpaired) electrons. The highest BCUT2D eigenvalue weighted by Crippen LogP contribution is 2.51. The molecule has 0 bridgehead atoms. The summed E-state index contributed by atoms with van der Waals surface area (Å²) < 4.78 is 0. The monoisotopic (exact) mass is 142 g/mol. The van der Waals surface area contributed by atoms with E-state index < -0.39 is 0 Å². The van der Waals surface area contributed by atoms with E-state index in [4.69, 9.17) is 5.11 Å². The minimum absolute atomic E-state index is 0.188. The molecule has 0 spiro atoms. The molecule has 1 saturated carbocycles. The van der Waals surface area contributed by atoms with Crippen LogP contribution in [-0.2, 0) is 0 Å². The van der Waals surface area contributed by atoms with Gasteiger partial charge in [0.05, 0.1) is 0 Å². The van der Waals surface area contributed by atoms with Crippen LogP contribution in [-0.4, -0.2) is 11.7 Å². The van der Waals surface area contributed by atoms with Gasteiger partial charge in [0.1, 0.15) is 0 Å². The van der Waals surface area contributed by atoms with Crippen molar-refractivity contribution in [3.8, 4) is 0 Å². The first kappa shape index (κ1) is 8.06. The van der Waals surface area contributed by atoms with Crippen LogP contribution in [0, 0.1) is 10.8 Å². The predicted molar refractivity (Wildman–Crippen MR) is 42.8 cm³/mol. The summed E-state index contributed by atoms with van der Waals surface area (Å²) in [4.78, 5) is 0. The van der Waals surface area contributed by atoms with Gasteiger partial charge in [0, 0.05) is 6.61 Å². The minimum Gasteiger partial charge on any atom is -0.396 e. The second kappa shape index (κ2) is 2.23. The Bertz CT molecular complexity index is 129. The van der Waals surface area contributed by atoms with E-state index in [1.165, 1.54) is 19.3 Å². The average molecular weight is 142 g/mol. The van der Waals surface area contributed by atoms with Crippen LogP contribution in [0.2, 0.25) is 0 Å². The Kier molecular flexibility index (Phi) is 1.80. The van der Waals surface area contributed by atoms with Crippen LogP contribution in [0.4, 0.5) is 0 Å². The molecule has 0 aromatic carbocycles. The third-order valence-corrected chi connectivity index (χ3v) is 3.51. The van der Waals surface area contributed by atoms with Crippen molar-refractivity contribution in [3.63, 3.8) is 0 Å². The van der Waals surface area contributed by atoms with Gasteiger partial charge in [-0.25, -0.2) is 0 Å². The van der Waals surface area contributed by atoms with Crippen LogP contribution in [0.5, 0.6) is 0 Å². The number of aliphatic hydroxyl groups excluding tert-OH is 1. The molecular formula is C9H18O. The Labute approximate surface area is 63.4 Å². The maximum Gasteiger partial charge on any atom is 0.0489 e. The molecule has 0 aromatic heterocycles. The maximum absolute atomic E-state index is 9.16. The fourth-order valence-electron chi connectivity index (χ4n) is 1.85. The van der Waals surface area contributed by atoms with Gasteiger partial charge in [-0.15, -0.1) is 0 Å². The van der Waals surface area contributed by atoms with Crippen LogP contribution in [0.25, 0.3) is 0 Å². The zero-order valence-electron chi connectivity index (χ0n) is 7.28. The summed E-state index contributed by atoms with van der Waals surface area (Å²) in [7, 11) is 0. The molecule has 1 nitrogen and oxygen atoms in total. The van der Waals surface area contributed by atoms with Gasteiger partial charge in [0.25, 0.3) is 0 Å². The van der Waals surface area contributed by atoms with Gasteiger partial charge in [-0.1, -0.05) is 27.2 Å². The summed E-state index contributed by atoms with van der Waals surface area (Å²) in [5, 5.41) is 9.16. The molecule has 1 atom stereocenters. The molecule has 1 heteroatoms. The van der Waals surface area contributed by atoms with Crippen molar-refractivity contribution in [2.45, 2.75) is 40.0 Å². The summed E-state index contributed by atoms with van der Waals surface area (Å²) in [6.45, 7) is 7.06. The van der Waals surface area contributed by atoms with Crippen molar-refractivity contribution >= 4 is 0 Å². The van der Waals surface area contributed by atoms with Crippen molar-refractivity contribution in [3.05, 3.63) is 0 Å². The lowest BCUT2D eigenvalue weighted by atomic mass is 9.70. The van der Waals surface area contributed by atoms with E-state index in [9.17, 15) is 0 Å². The van der Waals surface area contributed by atoms with Gasteiger partial charge < -0.3 is 5.11 Å². The first-order valence-corrected chi connectivity index (χ1v) is 4.13. The smallest absolute Gasteiger partial charge is 0.0489 e. The molecule has 0 unspecified atom stereocenters. The standard InChI is InChI=1S/C9H18O/c1-8(2)5-4-6-9(8,3)7-10/h10H,4-7H2,1-3H3/t9-/m0/s1. The van der Waals surface area contributed by atoms with Gasteiger partial charge in [0.2, 0.25) is 0 Å². The summed E-state index contributed by atoms with van der Waals surface area (Å²) in [6.07, 6.45) is 3.74. The quantitative estimate of drug-likeness (QED) is 0.595. The lowest BCUT2D eigenvalue weighted by Crippen LogP contribution is -2.32. The Morgan fingerprint density at radius 3 is 2.00 bits per heavy atom.